The summed E-state index contributed by atoms with van der Waals surface area (Å²) in [5.41, 5.74) is 0. The lowest BCUT2D eigenvalue weighted by Gasteiger charge is -2.31. The van der Waals surface area contributed by atoms with Gasteiger partial charge in [0.1, 0.15) is 0 Å². The van der Waals surface area contributed by atoms with Crippen LogP contribution in [-0.2, 0) is 23.7 Å². The zero-order valence-electron chi connectivity index (χ0n) is 12.4. The lowest BCUT2D eigenvalue weighted by molar-refractivity contribution is -0.242. The minimum atomic E-state index is -1.13. The largest absolute Gasteiger partial charge is 0.495 e. The van der Waals surface area contributed by atoms with Crippen LogP contribution in [0.25, 0.3) is 0 Å². The van der Waals surface area contributed by atoms with Crippen LogP contribution in [0, 0.1) is 0 Å². The first-order valence-corrected chi connectivity index (χ1v) is 6.19. The Morgan fingerprint density at radius 3 is 2.26 bits per heavy atom. The topological polar surface area (TPSA) is 54.0 Å². The minimum Gasteiger partial charge on any atom is -0.495 e. The van der Waals surface area contributed by atoms with Crippen LogP contribution in [0.3, 0.4) is 0 Å². The van der Waals surface area contributed by atoms with Crippen molar-refractivity contribution in [3.63, 3.8) is 0 Å². The number of hydrogen-bond donors (Lipinski definition) is 0. The fourth-order valence-corrected chi connectivity index (χ4v) is 1.38. The van der Waals surface area contributed by atoms with E-state index < -0.39 is 11.8 Å². The molecule has 19 heavy (non-hydrogen) atoms. The van der Waals surface area contributed by atoms with Gasteiger partial charge in [0.15, 0.2) is 6.61 Å². The van der Waals surface area contributed by atoms with Gasteiger partial charge in [0.2, 0.25) is 11.5 Å². The minimum absolute atomic E-state index is 0.0860. The maximum Gasteiger partial charge on any atom is 0.373 e. The third-order valence-corrected chi connectivity index (χ3v) is 1.86. The molecule has 1 atom stereocenters. The van der Waals surface area contributed by atoms with Gasteiger partial charge in [0.25, 0.3) is 0 Å². The van der Waals surface area contributed by atoms with Crippen molar-refractivity contribution in [1.82, 2.24) is 0 Å². The number of rotatable bonds is 9. The Hall–Kier alpha value is -1.49. The molecule has 0 radical (unpaired) electrons. The SMILES string of the molecule is C=COCC(C)(OC(=C)C(=O)OC(C)C)OC(C)C. The standard InChI is InChI=1S/C14H24O5/c1-8-16-9-14(7,18-11(4)5)19-12(6)13(15)17-10(2)3/h8,10-11H,1,6,9H2,2-5,7H3. The predicted octanol–water partition coefficient (Wildman–Crippen LogP) is 2.77. The van der Waals surface area contributed by atoms with Gasteiger partial charge >= 0.3 is 5.97 Å². The summed E-state index contributed by atoms with van der Waals surface area (Å²) in [6, 6.07) is 0. The molecule has 0 aromatic rings. The number of carbonyl (C=O) groups excluding carboxylic acids is 1. The van der Waals surface area contributed by atoms with Crippen LogP contribution in [0.1, 0.15) is 34.6 Å². The van der Waals surface area contributed by atoms with E-state index in [4.69, 9.17) is 18.9 Å². The Bertz CT molecular complexity index is 322. The van der Waals surface area contributed by atoms with E-state index in [1.54, 1.807) is 20.8 Å². The van der Waals surface area contributed by atoms with Gasteiger partial charge in [0, 0.05) is 6.92 Å². The van der Waals surface area contributed by atoms with Gasteiger partial charge in [0.05, 0.1) is 18.5 Å². The summed E-state index contributed by atoms with van der Waals surface area (Å²) in [5, 5.41) is 0. The van der Waals surface area contributed by atoms with Gasteiger partial charge in [-0.15, -0.1) is 0 Å². The van der Waals surface area contributed by atoms with Crippen LogP contribution in [0.15, 0.2) is 25.2 Å². The van der Waals surface area contributed by atoms with E-state index in [1.165, 1.54) is 6.26 Å². The molecule has 5 nitrogen and oxygen atoms in total. The first kappa shape index (κ1) is 17.5. The Balaban J connectivity index is 4.66. The summed E-state index contributed by atoms with van der Waals surface area (Å²) in [7, 11) is 0. The van der Waals surface area contributed by atoms with Crippen molar-refractivity contribution in [3.05, 3.63) is 25.2 Å². The average Bonchev–Trinajstić information content (AvgIpc) is 2.24. The second-order valence-corrected chi connectivity index (χ2v) is 4.76. The summed E-state index contributed by atoms with van der Waals surface area (Å²) in [4.78, 5) is 11.6. The van der Waals surface area contributed by atoms with Gasteiger partial charge in [-0.05, 0) is 34.3 Å². The summed E-state index contributed by atoms with van der Waals surface area (Å²) in [6.45, 7) is 15.9. The van der Waals surface area contributed by atoms with Gasteiger partial charge in [-0.2, -0.15) is 0 Å². The van der Waals surface area contributed by atoms with Crippen molar-refractivity contribution in [2.45, 2.75) is 52.6 Å². The Morgan fingerprint density at radius 1 is 1.26 bits per heavy atom. The van der Waals surface area contributed by atoms with Crippen molar-refractivity contribution in [2.24, 2.45) is 0 Å². The smallest absolute Gasteiger partial charge is 0.373 e. The molecule has 0 aromatic heterocycles. The fourth-order valence-electron chi connectivity index (χ4n) is 1.38. The maximum absolute atomic E-state index is 11.6. The van der Waals surface area contributed by atoms with Crippen molar-refractivity contribution in [1.29, 1.82) is 0 Å². The Labute approximate surface area is 115 Å². The normalized spacial score (nSPS) is 13.8. The molecule has 5 heteroatoms. The number of carbonyl (C=O) groups is 1. The van der Waals surface area contributed by atoms with Crippen LogP contribution < -0.4 is 0 Å². The molecule has 0 aliphatic carbocycles. The molecule has 0 spiro atoms. The number of hydrogen-bond acceptors (Lipinski definition) is 5. The fraction of sp³-hybridized carbons (Fsp3) is 0.643. The van der Waals surface area contributed by atoms with Crippen molar-refractivity contribution < 1.29 is 23.7 Å². The molecule has 0 bridgehead atoms. The molecular formula is C14H24O5. The molecule has 0 aliphatic heterocycles. The van der Waals surface area contributed by atoms with E-state index in [0.717, 1.165) is 0 Å². The van der Waals surface area contributed by atoms with Crippen LogP contribution in [0.2, 0.25) is 0 Å². The van der Waals surface area contributed by atoms with E-state index >= 15 is 0 Å². The van der Waals surface area contributed by atoms with E-state index in [0.29, 0.717) is 0 Å². The van der Waals surface area contributed by atoms with Crippen LogP contribution in [-0.4, -0.2) is 30.6 Å². The average molecular weight is 272 g/mol. The highest BCUT2D eigenvalue weighted by Crippen LogP contribution is 2.20. The van der Waals surface area contributed by atoms with Crippen molar-refractivity contribution in [3.8, 4) is 0 Å². The molecule has 0 saturated carbocycles. The van der Waals surface area contributed by atoms with Gasteiger partial charge in [-0.3, -0.25) is 0 Å². The zero-order chi connectivity index (χ0) is 15.1. The summed E-state index contributed by atoms with van der Waals surface area (Å²) in [6.07, 6.45) is 0.933. The number of esters is 1. The summed E-state index contributed by atoms with van der Waals surface area (Å²) in [5.74, 6) is -1.87. The Morgan fingerprint density at radius 2 is 1.84 bits per heavy atom. The van der Waals surface area contributed by atoms with Crippen LogP contribution in [0.4, 0.5) is 0 Å². The molecule has 0 amide bonds. The predicted molar refractivity (Wildman–Crippen MR) is 72.2 cm³/mol. The molecule has 0 aliphatic rings. The first-order valence-electron chi connectivity index (χ1n) is 6.19. The molecule has 0 heterocycles. The third kappa shape index (κ3) is 7.51. The van der Waals surface area contributed by atoms with Crippen molar-refractivity contribution >= 4 is 5.97 Å². The number of ether oxygens (including phenoxy) is 4. The van der Waals surface area contributed by atoms with Crippen LogP contribution in [0.5, 0.6) is 0 Å². The Kier molecular flexibility index (Phi) is 7.22. The second-order valence-electron chi connectivity index (χ2n) is 4.76. The summed E-state index contributed by atoms with van der Waals surface area (Å²) >= 11 is 0. The molecule has 0 N–H and O–H groups in total. The van der Waals surface area contributed by atoms with E-state index in [-0.39, 0.29) is 24.6 Å². The van der Waals surface area contributed by atoms with Crippen LogP contribution >= 0.6 is 0 Å². The highest BCUT2D eigenvalue weighted by Gasteiger charge is 2.32. The van der Waals surface area contributed by atoms with E-state index in [9.17, 15) is 4.79 Å². The third-order valence-electron chi connectivity index (χ3n) is 1.86. The zero-order valence-corrected chi connectivity index (χ0v) is 12.4. The second kappa shape index (κ2) is 7.84. The molecule has 0 saturated heterocycles. The summed E-state index contributed by atoms with van der Waals surface area (Å²) < 4.78 is 21.1. The van der Waals surface area contributed by atoms with Crippen molar-refractivity contribution in [2.75, 3.05) is 6.61 Å². The first-order chi connectivity index (χ1) is 8.70. The maximum atomic E-state index is 11.6. The molecule has 0 aromatic carbocycles. The molecule has 0 fully saturated rings. The molecule has 110 valence electrons. The van der Waals surface area contributed by atoms with Gasteiger partial charge in [-0.1, -0.05) is 6.58 Å². The monoisotopic (exact) mass is 272 g/mol. The highest BCUT2D eigenvalue weighted by molar-refractivity contribution is 5.85. The lowest BCUT2D eigenvalue weighted by Crippen LogP contribution is -2.40. The van der Waals surface area contributed by atoms with E-state index in [2.05, 4.69) is 13.2 Å². The van der Waals surface area contributed by atoms with Gasteiger partial charge < -0.3 is 18.9 Å². The highest BCUT2D eigenvalue weighted by atomic mass is 16.7. The van der Waals surface area contributed by atoms with Gasteiger partial charge in [-0.25, -0.2) is 4.79 Å². The lowest BCUT2D eigenvalue weighted by atomic mass is 10.3. The molecular weight excluding hydrogens is 248 g/mol. The van der Waals surface area contributed by atoms with E-state index in [1.807, 2.05) is 13.8 Å². The molecule has 0 rings (SSSR count). The molecule has 1 unspecified atom stereocenters. The quantitative estimate of drug-likeness (QED) is 0.279.